The summed E-state index contributed by atoms with van der Waals surface area (Å²) in [6.45, 7) is 9.27. The summed E-state index contributed by atoms with van der Waals surface area (Å²) in [5, 5.41) is 2.12. The summed E-state index contributed by atoms with van der Waals surface area (Å²) in [7, 11) is 2.05. The summed E-state index contributed by atoms with van der Waals surface area (Å²) >= 11 is 12.5. The van der Waals surface area contributed by atoms with Crippen LogP contribution in [0.15, 0.2) is 71.2 Å². The van der Waals surface area contributed by atoms with Crippen LogP contribution in [0, 0.1) is 10.8 Å². The third-order valence-corrected chi connectivity index (χ3v) is 9.39. The molecule has 0 fully saturated rings. The number of aromatic nitrogens is 1. The predicted octanol–water partition coefficient (Wildman–Crippen LogP) is 8.31. The molecule has 0 spiro atoms. The van der Waals surface area contributed by atoms with Gasteiger partial charge in [0.25, 0.3) is 0 Å². The number of carbonyl (C=O) groups is 2. The van der Waals surface area contributed by atoms with Gasteiger partial charge in [0.2, 0.25) is 0 Å². The molecule has 1 aliphatic heterocycles. The van der Waals surface area contributed by atoms with Gasteiger partial charge in [-0.3, -0.25) is 9.59 Å². The van der Waals surface area contributed by atoms with Crippen molar-refractivity contribution in [3.05, 3.63) is 92.4 Å². The van der Waals surface area contributed by atoms with Crippen LogP contribution in [-0.4, -0.2) is 28.1 Å². The minimum absolute atomic E-state index is 0.122. The van der Waals surface area contributed by atoms with E-state index in [2.05, 4.69) is 62.5 Å². The van der Waals surface area contributed by atoms with Crippen LogP contribution in [0.4, 0.5) is 0 Å². The second-order valence-electron chi connectivity index (χ2n) is 13.1. The second kappa shape index (κ2) is 9.11. The van der Waals surface area contributed by atoms with Gasteiger partial charge in [0.05, 0.1) is 10.0 Å². The Morgan fingerprint density at radius 3 is 2.00 bits per heavy atom. The Balaban J connectivity index is 1.58. The molecule has 2 heterocycles. The van der Waals surface area contributed by atoms with Gasteiger partial charge in [0.1, 0.15) is 0 Å². The number of hydrogen-bond donors (Lipinski definition) is 0. The molecule has 39 heavy (non-hydrogen) atoms. The van der Waals surface area contributed by atoms with E-state index in [1.165, 1.54) is 0 Å². The molecule has 3 aromatic rings. The van der Waals surface area contributed by atoms with Gasteiger partial charge in [-0.2, -0.15) is 0 Å². The van der Waals surface area contributed by atoms with E-state index in [9.17, 15) is 9.59 Å². The standard InChI is InChI=1S/C33H34Cl2N2O2/c1-32(2)13-25-30(27(38)15-32)29(31-26(36(25)5)14-33(3,4)16-28(31)39)21-18-37(24-9-7-6-8-20(21)24)17-19-10-11-22(34)23(35)12-19/h6-12,18,29H,13-17H2,1-5H3. The Kier molecular flexibility index (Phi) is 6.17. The summed E-state index contributed by atoms with van der Waals surface area (Å²) < 4.78 is 2.21. The molecule has 0 unspecified atom stereocenters. The van der Waals surface area contributed by atoms with Crippen molar-refractivity contribution in [1.82, 2.24) is 9.47 Å². The third kappa shape index (κ3) is 4.46. The van der Waals surface area contributed by atoms with Gasteiger partial charge in [0.15, 0.2) is 11.6 Å². The van der Waals surface area contributed by atoms with Gasteiger partial charge in [0, 0.05) is 72.0 Å². The summed E-state index contributed by atoms with van der Waals surface area (Å²) in [5.74, 6) is -0.0504. The summed E-state index contributed by atoms with van der Waals surface area (Å²) in [4.78, 5) is 30.1. The molecule has 0 saturated carbocycles. The minimum atomic E-state index is -0.363. The highest BCUT2D eigenvalue weighted by atomic mass is 35.5. The van der Waals surface area contributed by atoms with Crippen molar-refractivity contribution < 1.29 is 9.59 Å². The number of halogens is 2. The van der Waals surface area contributed by atoms with Crippen LogP contribution in [0.1, 0.15) is 70.4 Å². The van der Waals surface area contributed by atoms with Crippen LogP contribution < -0.4 is 0 Å². The molecule has 0 atom stereocenters. The number of allylic oxidation sites excluding steroid dienone is 4. The average Bonchev–Trinajstić information content (AvgIpc) is 3.19. The Morgan fingerprint density at radius 1 is 0.821 bits per heavy atom. The largest absolute Gasteiger partial charge is 0.351 e. The lowest BCUT2D eigenvalue weighted by atomic mass is 9.64. The molecule has 3 aliphatic rings. The predicted molar refractivity (Wildman–Crippen MR) is 158 cm³/mol. The zero-order chi connectivity index (χ0) is 27.9. The quantitative estimate of drug-likeness (QED) is 0.323. The number of benzene rings is 2. The van der Waals surface area contributed by atoms with Crippen molar-refractivity contribution in [3.63, 3.8) is 0 Å². The van der Waals surface area contributed by atoms with E-state index in [0.717, 1.165) is 57.4 Å². The fourth-order valence-corrected chi connectivity index (χ4v) is 7.27. The number of rotatable bonds is 3. The van der Waals surface area contributed by atoms with Gasteiger partial charge < -0.3 is 9.47 Å². The topological polar surface area (TPSA) is 42.3 Å². The van der Waals surface area contributed by atoms with Crippen LogP contribution in [0.5, 0.6) is 0 Å². The van der Waals surface area contributed by atoms with E-state index in [1.54, 1.807) is 0 Å². The number of hydrogen-bond acceptors (Lipinski definition) is 3. The Labute approximate surface area is 240 Å². The molecule has 6 rings (SSSR count). The maximum Gasteiger partial charge on any atom is 0.162 e. The van der Waals surface area contributed by atoms with Crippen molar-refractivity contribution >= 4 is 45.7 Å². The molecule has 0 radical (unpaired) electrons. The molecule has 0 N–H and O–H groups in total. The van der Waals surface area contributed by atoms with Crippen molar-refractivity contribution in [1.29, 1.82) is 0 Å². The molecule has 0 bridgehead atoms. The molecule has 2 aromatic carbocycles. The molecule has 6 heteroatoms. The fourth-order valence-electron chi connectivity index (χ4n) is 6.95. The van der Waals surface area contributed by atoms with Crippen molar-refractivity contribution in [2.45, 2.75) is 65.8 Å². The molecule has 2 aliphatic carbocycles. The van der Waals surface area contributed by atoms with Gasteiger partial charge in [-0.1, -0.05) is 75.2 Å². The van der Waals surface area contributed by atoms with Crippen molar-refractivity contribution in [2.75, 3.05) is 7.05 Å². The first-order valence-electron chi connectivity index (χ1n) is 13.6. The average molecular weight is 562 g/mol. The van der Waals surface area contributed by atoms with Gasteiger partial charge >= 0.3 is 0 Å². The smallest absolute Gasteiger partial charge is 0.162 e. The number of carbonyl (C=O) groups excluding carboxylic acids is 2. The van der Waals surface area contributed by atoms with E-state index < -0.39 is 0 Å². The molecule has 4 nitrogen and oxygen atoms in total. The van der Waals surface area contributed by atoms with Gasteiger partial charge in [-0.15, -0.1) is 0 Å². The highest BCUT2D eigenvalue weighted by molar-refractivity contribution is 6.42. The zero-order valence-corrected chi connectivity index (χ0v) is 24.7. The lowest BCUT2D eigenvalue weighted by Gasteiger charge is -2.47. The Morgan fingerprint density at radius 2 is 1.41 bits per heavy atom. The van der Waals surface area contributed by atoms with Crippen LogP contribution in [0.3, 0.4) is 0 Å². The van der Waals surface area contributed by atoms with Gasteiger partial charge in [-0.25, -0.2) is 0 Å². The summed E-state index contributed by atoms with van der Waals surface area (Å²) in [6.07, 6.45) is 4.75. The number of ketones is 2. The van der Waals surface area contributed by atoms with Crippen molar-refractivity contribution in [3.8, 4) is 0 Å². The van der Waals surface area contributed by atoms with Crippen LogP contribution >= 0.6 is 23.2 Å². The molecule has 1 aromatic heterocycles. The van der Waals surface area contributed by atoms with Gasteiger partial charge in [-0.05, 0) is 53.0 Å². The maximum atomic E-state index is 13.9. The minimum Gasteiger partial charge on any atom is -0.351 e. The lowest BCUT2D eigenvalue weighted by Crippen LogP contribution is -2.43. The molecule has 202 valence electrons. The van der Waals surface area contributed by atoms with Crippen LogP contribution in [-0.2, 0) is 16.1 Å². The number of para-hydroxylation sites is 1. The Bertz CT molecular complexity index is 1570. The number of Topliss-reactive ketones (excluding diaryl/α,β-unsaturated/α-hetero) is 2. The normalized spacial score (nSPS) is 21.1. The molecular weight excluding hydrogens is 527 g/mol. The van der Waals surface area contributed by atoms with Crippen molar-refractivity contribution in [2.24, 2.45) is 10.8 Å². The highest BCUT2D eigenvalue weighted by Crippen LogP contribution is 2.54. The maximum absolute atomic E-state index is 13.9. The lowest BCUT2D eigenvalue weighted by molar-refractivity contribution is -0.119. The van der Waals surface area contributed by atoms with E-state index in [0.29, 0.717) is 29.4 Å². The van der Waals surface area contributed by atoms with Crippen LogP contribution in [0.25, 0.3) is 10.9 Å². The van der Waals surface area contributed by atoms with E-state index in [1.807, 2.05) is 30.3 Å². The number of nitrogens with zero attached hydrogens (tertiary/aromatic N) is 2. The fraction of sp³-hybridized carbons (Fsp3) is 0.394. The summed E-state index contributed by atoms with van der Waals surface area (Å²) in [5.41, 5.74) is 6.64. The summed E-state index contributed by atoms with van der Waals surface area (Å²) in [6, 6.07) is 14.0. The first-order valence-corrected chi connectivity index (χ1v) is 14.4. The molecular formula is C33H34Cl2N2O2. The molecule has 0 amide bonds. The Hall–Kier alpha value is -2.82. The number of fused-ring (bicyclic) bond motifs is 1. The zero-order valence-electron chi connectivity index (χ0n) is 23.2. The highest BCUT2D eigenvalue weighted by Gasteiger charge is 2.48. The van der Waals surface area contributed by atoms with Crippen LogP contribution in [0.2, 0.25) is 10.0 Å². The monoisotopic (exact) mass is 560 g/mol. The van der Waals surface area contributed by atoms with E-state index in [4.69, 9.17) is 23.2 Å². The first-order chi connectivity index (χ1) is 18.3. The first kappa shape index (κ1) is 26.4. The SMILES string of the molecule is CN1C2=C(C(=O)CC(C)(C)C2)C(c2cn(Cc3ccc(Cl)c(Cl)c3)c3ccccc23)C2=C1CC(C)(C)CC2=O. The van der Waals surface area contributed by atoms with E-state index >= 15 is 0 Å². The second-order valence-corrected chi connectivity index (χ2v) is 13.9. The third-order valence-electron chi connectivity index (χ3n) is 8.65. The van der Waals surface area contributed by atoms with E-state index in [-0.39, 0.29) is 28.3 Å². The molecule has 0 saturated heterocycles.